The van der Waals surface area contributed by atoms with E-state index in [-0.39, 0.29) is 5.91 Å². The quantitative estimate of drug-likeness (QED) is 0.421. The number of rotatable bonds is 7. The van der Waals surface area contributed by atoms with E-state index in [2.05, 4.69) is 28.2 Å². The van der Waals surface area contributed by atoms with Crippen molar-refractivity contribution in [2.24, 2.45) is 0 Å². The van der Waals surface area contributed by atoms with Gasteiger partial charge in [0.15, 0.2) is 0 Å². The number of carbonyl (C=O) groups excluding carboxylic acids is 1. The average molecular weight is 408 g/mol. The first-order valence-electron chi connectivity index (χ1n) is 10.4. The molecule has 0 bridgehead atoms. The fourth-order valence-corrected chi connectivity index (χ4v) is 3.37. The third-order valence-electron chi connectivity index (χ3n) is 5.12. The minimum absolute atomic E-state index is 0.213. The lowest BCUT2D eigenvalue weighted by atomic mass is 9.75. The molecule has 4 heteroatoms. The maximum atomic E-state index is 13.7. The second-order valence-electron chi connectivity index (χ2n) is 7.42. The summed E-state index contributed by atoms with van der Waals surface area (Å²) < 4.78 is 0. The van der Waals surface area contributed by atoms with Gasteiger partial charge in [-0.15, -0.1) is 0 Å². The molecular formula is C27H25N3O. The Kier molecular flexibility index (Phi) is 7.57. The van der Waals surface area contributed by atoms with E-state index in [9.17, 15) is 4.79 Å². The largest absolute Gasteiger partial charge is 0.309 e. The van der Waals surface area contributed by atoms with E-state index in [1.165, 1.54) is 0 Å². The first-order valence-corrected chi connectivity index (χ1v) is 10.4. The maximum absolute atomic E-state index is 13.7. The molecule has 3 aromatic rings. The predicted octanol–water partition coefficient (Wildman–Crippen LogP) is 5.40. The summed E-state index contributed by atoms with van der Waals surface area (Å²) in [5.41, 5.74) is 1.74. The molecule has 154 valence electrons. The van der Waals surface area contributed by atoms with Gasteiger partial charge in [0.25, 0.3) is 0 Å². The zero-order valence-corrected chi connectivity index (χ0v) is 17.6. The molecule has 1 unspecified atom stereocenters. The number of hydrogen-bond acceptors (Lipinski definition) is 3. The number of aryl methyl sites for hydroxylation is 1. The standard InChI is InChI=1S/C27H25N3O/c1-22-13-15-24(16-14-22)27(18-7-3-8-20-28,19-17-23-10-4-2-5-11-23)26(31)30-25-12-6-9-21-29-25/h2,4-6,9-16,21H,3,7-8,18H2,1H3,(H,29,30,31). The van der Waals surface area contributed by atoms with Crippen molar-refractivity contribution in [3.63, 3.8) is 0 Å². The van der Waals surface area contributed by atoms with Crippen LogP contribution >= 0.6 is 0 Å². The van der Waals surface area contributed by atoms with E-state index in [0.717, 1.165) is 16.7 Å². The van der Waals surface area contributed by atoms with Crippen molar-refractivity contribution in [1.82, 2.24) is 4.98 Å². The van der Waals surface area contributed by atoms with Crippen molar-refractivity contribution in [3.8, 4) is 17.9 Å². The minimum Gasteiger partial charge on any atom is -0.309 e. The molecule has 0 spiro atoms. The Balaban J connectivity index is 2.06. The lowest BCUT2D eigenvalue weighted by Gasteiger charge is -2.28. The molecule has 1 atom stereocenters. The SMILES string of the molecule is Cc1ccc(C(C#Cc2ccccc2)(CCCCC#N)C(=O)Nc2ccccn2)cc1. The first-order chi connectivity index (χ1) is 15.1. The fraction of sp³-hybridized carbons (Fsp3) is 0.222. The Labute approximate surface area is 184 Å². The Morgan fingerprint density at radius 2 is 1.74 bits per heavy atom. The van der Waals surface area contributed by atoms with Crippen LogP contribution in [0.4, 0.5) is 5.82 Å². The number of nitriles is 1. The summed E-state index contributed by atoms with van der Waals surface area (Å²) in [5.74, 6) is 6.80. The second kappa shape index (κ2) is 10.8. The van der Waals surface area contributed by atoms with Gasteiger partial charge in [-0.3, -0.25) is 4.79 Å². The van der Waals surface area contributed by atoms with Crippen molar-refractivity contribution in [3.05, 3.63) is 95.7 Å². The van der Waals surface area contributed by atoms with Gasteiger partial charge in [-0.1, -0.05) is 72.4 Å². The van der Waals surface area contributed by atoms with Crippen LogP contribution in [-0.4, -0.2) is 10.9 Å². The summed E-state index contributed by atoms with van der Waals surface area (Å²) >= 11 is 0. The van der Waals surface area contributed by atoms with Crippen LogP contribution in [0, 0.1) is 30.1 Å². The third-order valence-corrected chi connectivity index (χ3v) is 5.12. The van der Waals surface area contributed by atoms with Crippen molar-refractivity contribution in [1.29, 1.82) is 5.26 Å². The molecule has 1 aromatic heterocycles. The minimum atomic E-state index is -1.06. The summed E-state index contributed by atoms with van der Waals surface area (Å²) in [6.07, 6.45) is 4.04. The average Bonchev–Trinajstić information content (AvgIpc) is 2.81. The van der Waals surface area contributed by atoms with E-state index in [4.69, 9.17) is 5.26 Å². The van der Waals surface area contributed by atoms with E-state index < -0.39 is 5.41 Å². The maximum Gasteiger partial charge on any atom is 0.248 e. The van der Waals surface area contributed by atoms with Crippen molar-refractivity contribution in [2.75, 3.05) is 5.32 Å². The molecule has 0 aliphatic carbocycles. The number of hydrogen-bond donors (Lipinski definition) is 1. The molecule has 0 fully saturated rings. The Morgan fingerprint density at radius 3 is 2.42 bits per heavy atom. The monoisotopic (exact) mass is 407 g/mol. The highest BCUT2D eigenvalue weighted by molar-refractivity contribution is 6.01. The van der Waals surface area contributed by atoms with Crippen LogP contribution in [0.15, 0.2) is 79.0 Å². The van der Waals surface area contributed by atoms with Gasteiger partial charge in [0.05, 0.1) is 6.07 Å². The summed E-state index contributed by atoms with van der Waals surface area (Å²) in [6, 6.07) is 25.2. The summed E-state index contributed by atoms with van der Waals surface area (Å²) in [6.45, 7) is 2.02. The molecule has 4 nitrogen and oxygen atoms in total. The van der Waals surface area contributed by atoms with Crippen molar-refractivity contribution in [2.45, 2.75) is 38.0 Å². The number of unbranched alkanes of at least 4 members (excludes halogenated alkanes) is 2. The Bertz CT molecular complexity index is 1090. The zero-order valence-electron chi connectivity index (χ0n) is 17.6. The van der Waals surface area contributed by atoms with E-state index >= 15 is 0 Å². The fourth-order valence-electron chi connectivity index (χ4n) is 3.37. The number of amides is 1. The van der Waals surface area contributed by atoms with Crippen LogP contribution in [0.3, 0.4) is 0 Å². The zero-order chi connectivity index (χ0) is 21.9. The van der Waals surface area contributed by atoms with Crippen LogP contribution in [0.25, 0.3) is 0 Å². The van der Waals surface area contributed by atoms with Gasteiger partial charge in [0.2, 0.25) is 5.91 Å². The molecular weight excluding hydrogens is 382 g/mol. The number of anilines is 1. The molecule has 0 aliphatic heterocycles. The number of pyridine rings is 1. The molecule has 0 saturated carbocycles. The van der Waals surface area contributed by atoms with Crippen LogP contribution in [0.1, 0.15) is 42.4 Å². The Hall–Kier alpha value is -3.89. The predicted molar refractivity (Wildman–Crippen MR) is 123 cm³/mol. The topological polar surface area (TPSA) is 65.8 Å². The van der Waals surface area contributed by atoms with Gasteiger partial charge in [-0.25, -0.2) is 4.98 Å². The second-order valence-corrected chi connectivity index (χ2v) is 7.42. The van der Waals surface area contributed by atoms with Gasteiger partial charge in [0.1, 0.15) is 11.2 Å². The van der Waals surface area contributed by atoms with Crippen LogP contribution < -0.4 is 5.32 Å². The smallest absolute Gasteiger partial charge is 0.248 e. The third kappa shape index (κ3) is 5.81. The molecule has 1 N–H and O–H groups in total. The van der Waals surface area contributed by atoms with E-state index in [0.29, 0.717) is 31.5 Å². The number of aromatic nitrogens is 1. The van der Waals surface area contributed by atoms with Gasteiger partial charge in [-0.05, 0) is 49.6 Å². The van der Waals surface area contributed by atoms with Crippen LogP contribution in [-0.2, 0) is 10.2 Å². The summed E-state index contributed by atoms with van der Waals surface area (Å²) in [7, 11) is 0. The van der Waals surface area contributed by atoms with E-state index in [1.54, 1.807) is 18.3 Å². The molecule has 0 aliphatic rings. The van der Waals surface area contributed by atoms with E-state index in [1.807, 2.05) is 67.6 Å². The molecule has 31 heavy (non-hydrogen) atoms. The summed E-state index contributed by atoms with van der Waals surface area (Å²) in [4.78, 5) is 17.9. The molecule has 1 amide bonds. The number of carbonyl (C=O) groups is 1. The highest BCUT2D eigenvalue weighted by Gasteiger charge is 2.38. The van der Waals surface area contributed by atoms with Crippen molar-refractivity contribution >= 4 is 11.7 Å². The van der Waals surface area contributed by atoms with Gasteiger partial charge < -0.3 is 5.32 Å². The molecule has 3 rings (SSSR count). The molecule has 2 aromatic carbocycles. The van der Waals surface area contributed by atoms with Gasteiger partial charge in [0, 0.05) is 18.2 Å². The first kappa shape index (κ1) is 21.8. The molecule has 0 radical (unpaired) electrons. The summed E-state index contributed by atoms with van der Waals surface area (Å²) in [5, 5.41) is 11.9. The Morgan fingerprint density at radius 1 is 1.00 bits per heavy atom. The normalized spacial score (nSPS) is 12.0. The molecule has 0 saturated heterocycles. The highest BCUT2D eigenvalue weighted by atomic mass is 16.2. The molecule has 1 heterocycles. The number of nitrogens with zero attached hydrogens (tertiary/aromatic N) is 2. The lowest BCUT2D eigenvalue weighted by Crippen LogP contribution is -2.39. The van der Waals surface area contributed by atoms with Gasteiger partial charge in [-0.2, -0.15) is 5.26 Å². The lowest BCUT2D eigenvalue weighted by molar-refractivity contribution is -0.120. The highest BCUT2D eigenvalue weighted by Crippen LogP contribution is 2.32. The van der Waals surface area contributed by atoms with Crippen molar-refractivity contribution < 1.29 is 4.79 Å². The van der Waals surface area contributed by atoms with Crippen LogP contribution in [0.2, 0.25) is 0 Å². The number of benzene rings is 2. The van der Waals surface area contributed by atoms with Crippen LogP contribution in [0.5, 0.6) is 0 Å². The van der Waals surface area contributed by atoms with Gasteiger partial charge >= 0.3 is 0 Å². The number of nitrogens with one attached hydrogen (secondary N) is 1.